The van der Waals surface area contributed by atoms with E-state index in [0.29, 0.717) is 12.6 Å². The zero-order chi connectivity index (χ0) is 22.1. The third kappa shape index (κ3) is 3.85. The predicted octanol–water partition coefficient (Wildman–Crippen LogP) is 5.18. The fourth-order valence-electron chi connectivity index (χ4n) is 5.57. The maximum Gasteiger partial charge on any atom is 0.230 e. The van der Waals surface area contributed by atoms with E-state index in [1.165, 1.54) is 12.1 Å². The highest BCUT2D eigenvalue weighted by Gasteiger charge is 2.33. The minimum atomic E-state index is 0.115. The van der Waals surface area contributed by atoms with Crippen LogP contribution < -0.4 is 15.1 Å². The lowest BCUT2D eigenvalue weighted by Gasteiger charge is -2.39. The first-order chi connectivity index (χ1) is 15.7. The molecular formula is C26H34N4O2. The zero-order valence-electron chi connectivity index (χ0n) is 19.3. The van der Waals surface area contributed by atoms with E-state index >= 15 is 0 Å². The second-order valence-electron chi connectivity index (χ2n) is 9.33. The summed E-state index contributed by atoms with van der Waals surface area (Å²) in [6, 6.07) is 8.73. The minimum Gasteiger partial charge on any atom is -0.377 e. The first-order valence-electron chi connectivity index (χ1n) is 12.2. The predicted molar refractivity (Wildman–Crippen MR) is 129 cm³/mol. The van der Waals surface area contributed by atoms with E-state index in [4.69, 9.17) is 4.74 Å². The summed E-state index contributed by atoms with van der Waals surface area (Å²) in [5.74, 6) is 1.22. The van der Waals surface area contributed by atoms with Gasteiger partial charge < -0.3 is 19.9 Å². The summed E-state index contributed by atoms with van der Waals surface area (Å²) in [4.78, 5) is 23.0. The number of pyridine rings is 1. The van der Waals surface area contributed by atoms with Crippen molar-refractivity contribution in [2.24, 2.45) is 5.92 Å². The highest BCUT2D eigenvalue weighted by molar-refractivity contribution is 6.01. The molecule has 6 nitrogen and oxygen atoms in total. The van der Waals surface area contributed by atoms with Gasteiger partial charge in [-0.05, 0) is 49.9 Å². The zero-order valence-corrected chi connectivity index (χ0v) is 19.3. The molecule has 0 spiro atoms. The van der Waals surface area contributed by atoms with Crippen molar-refractivity contribution in [3.8, 4) is 0 Å². The molecule has 3 heterocycles. The summed E-state index contributed by atoms with van der Waals surface area (Å²) in [6.07, 6.45) is 8.39. The molecule has 1 saturated carbocycles. The number of hydrogen-bond donors (Lipinski definition) is 1. The highest BCUT2D eigenvalue weighted by Crippen LogP contribution is 2.43. The Kier molecular flexibility index (Phi) is 6.05. The number of rotatable bonds is 3. The van der Waals surface area contributed by atoms with Crippen LogP contribution in [0.2, 0.25) is 0 Å². The van der Waals surface area contributed by atoms with Gasteiger partial charge >= 0.3 is 0 Å². The van der Waals surface area contributed by atoms with Crippen molar-refractivity contribution in [3.05, 3.63) is 41.6 Å². The van der Waals surface area contributed by atoms with Gasteiger partial charge in [-0.2, -0.15) is 0 Å². The van der Waals surface area contributed by atoms with Crippen molar-refractivity contribution < 1.29 is 9.53 Å². The lowest BCUT2D eigenvalue weighted by Crippen LogP contribution is -2.45. The average Bonchev–Trinajstić information content (AvgIpc) is 3.01. The first kappa shape index (κ1) is 21.3. The molecular weight excluding hydrogens is 400 g/mol. The third-order valence-corrected chi connectivity index (χ3v) is 7.37. The maximum absolute atomic E-state index is 13.9. The van der Waals surface area contributed by atoms with Crippen LogP contribution in [0.4, 0.5) is 22.9 Å². The molecule has 1 amide bonds. The standard InChI is InChI=1S/C26H34N4O2/c1-3-21-17-32-15-14-29(21)23-12-11-22-24(18(23)2)30(26(31)19-8-5-4-6-9-19)16-20-10-7-13-27-25(20)28-22/h7,10-13,19,21H,3-6,8-9,14-17H2,1-2H3,(H,27,28)/t21-/m0/s1. The molecule has 2 fully saturated rings. The Bertz CT molecular complexity index is 986. The minimum absolute atomic E-state index is 0.115. The van der Waals surface area contributed by atoms with E-state index in [1.54, 1.807) is 0 Å². The number of nitrogens with zero attached hydrogens (tertiary/aromatic N) is 3. The number of aromatic nitrogens is 1. The lowest BCUT2D eigenvalue weighted by atomic mass is 9.88. The van der Waals surface area contributed by atoms with Gasteiger partial charge in [0.15, 0.2) is 0 Å². The summed E-state index contributed by atoms with van der Waals surface area (Å²) in [5.41, 5.74) is 5.41. The molecule has 32 heavy (non-hydrogen) atoms. The number of carbonyl (C=O) groups excluding carboxylic acids is 1. The van der Waals surface area contributed by atoms with Crippen LogP contribution >= 0.6 is 0 Å². The molecule has 1 aromatic carbocycles. The molecule has 1 atom stereocenters. The van der Waals surface area contributed by atoms with E-state index in [9.17, 15) is 4.79 Å². The number of ether oxygens (including phenoxy) is 1. The van der Waals surface area contributed by atoms with Gasteiger partial charge in [0, 0.05) is 29.9 Å². The van der Waals surface area contributed by atoms with Gasteiger partial charge in [0.25, 0.3) is 0 Å². The van der Waals surface area contributed by atoms with Crippen LogP contribution in [0.15, 0.2) is 30.5 Å². The number of anilines is 4. The second kappa shape index (κ2) is 9.10. The van der Waals surface area contributed by atoms with Crippen molar-refractivity contribution in [3.63, 3.8) is 0 Å². The summed E-state index contributed by atoms with van der Waals surface area (Å²) < 4.78 is 5.75. The van der Waals surface area contributed by atoms with Crippen LogP contribution in [-0.2, 0) is 16.1 Å². The van der Waals surface area contributed by atoms with Crippen molar-refractivity contribution in [2.75, 3.05) is 34.9 Å². The van der Waals surface area contributed by atoms with Crippen molar-refractivity contribution in [1.82, 2.24) is 4.98 Å². The Morgan fingerprint density at radius 2 is 2.06 bits per heavy atom. The number of hydrogen-bond acceptors (Lipinski definition) is 5. The third-order valence-electron chi connectivity index (χ3n) is 7.37. The molecule has 0 bridgehead atoms. The second-order valence-corrected chi connectivity index (χ2v) is 9.33. The average molecular weight is 435 g/mol. The lowest BCUT2D eigenvalue weighted by molar-refractivity contribution is -0.123. The molecule has 1 aromatic heterocycles. The summed E-state index contributed by atoms with van der Waals surface area (Å²) in [5, 5.41) is 3.54. The Morgan fingerprint density at radius 3 is 2.88 bits per heavy atom. The number of amides is 1. The van der Waals surface area contributed by atoms with E-state index in [2.05, 4.69) is 47.2 Å². The SMILES string of the molecule is CC[C@H]1COCCN1c1ccc2c(c1C)N(C(=O)C1CCCCC1)Cc1cccnc1N2. The van der Waals surface area contributed by atoms with E-state index in [-0.39, 0.29) is 11.8 Å². The van der Waals surface area contributed by atoms with Gasteiger partial charge in [-0.1, -0.05) is 32.3 Å². The molecule has 1 aliphatic carbocycles. The monoisotopic (exact) mass is 434 g/mol. The molecule has 2 aliphatic heterocycles. The molecule has 1 saturated heterocycles. The molecule has 0 radical (unpaired) electrons. The van der Waals surface area contributed by atoms with E-state index in [1.807, 2.05) is 17.2 Å². The van der Waals surface area contributed by atoms with Gasteiger partial charge in [0.1, 0.15) is 5.82 Å². The molecule has 6 heteroatoms. The number of nitrogens with one attached hydrogen (secondary N) is 1. The summed E-state index contributed by atoms with van der Waals surface area (Å²) >= 11 is 0. The van der Waals surface area contributed by atoms with Crippen molar-refractivity contribution >= 4 is 28.8 Å². The van der Waals surface area contributed by atoms with Crippen LogP contribution in [0.1, 0.15) is 56.6 Å². The van der Waals surface area contributed by atoms with Gasteiger partial charge in [-0.25, -0.2) is 4.98 Å². The molecule has 1 N–H and O–H groups in total. The highest BCUT2D eigenvalue weighted by atomic mass is 16.5. The van der Waals surface area contributed by atoms with Gasteiger partial charge in [-0.3, -0.25) is 4.79 Å². The summed E-state index contributed by atoms with van der Waals surface area (Å²) in [7, 11) is 0. The Hall–Kier alpha value is -2.60. The topological polar surface area (TPSA) is 57.7 Å². The molecule has 170 valence electrons. The van der Waals surface area contributed by atoms with Gasteiger partial charge in [0.05, 0.1) is 37.2 Å². The number of carbonyl (C=O) groups is 1. The maximum atomic E-state index is 13.9. The Labute approximate surface area is 191 Å². The Morgan fingerprint density at radius 1 is 1.22 bits per heavy atom. The summed E-state index contributed by atoms with van der Waals surface area (Å²) in [6.45, 7) is 7.32. The van der Waals surface area contributed by atoms with Crippen LogP contribution in [0.25, 0.3) is 0 Å². The van der Waals surface area contributed by atoms with Crippen molar-refractivity contribution in [2.45, 2.75) is 65.0 Å². The number of fused-ring (bicyclic) bond motifs is 2. The van der Waals surface area contributed by atoms with Crippen LogP contribution in [0.3, 0.4) is 0 Å². The van der Waals surface area contributed by atoms with Crippen LogP contribution in [-0.4, -0.2) is 36.7 Å². The normalized spacial score (nSPS) is 21.4. The Balaban J connectivity index is 1.60. The smallest absolute Gasteiger partial charge is 0.230 e. The van der Waals surface area contributed by atoms with Crippen LogP contribution in [0, 0.1) is 12.8 Å². The van der Waals surface area contributed by atoms with Gasteiger partial charge in [0.2, 0.25) is 5.91 Å². The molecule has 5 rings (SSSR count). The molecule has 0 unspecified atom stereocenters. The first-order valence-corrected chi connectivity index (χ1v) is 12.2. The quantitative estimate of drug-likeness (QED) is 0.722. The van der Waals surface area contributed by atoms with E-state index < -0.39 is 0 Å². The largest absolute Gasteiger partial charge is 0.377 e. The molecule has 3 aliphatic rings. The number of benzene rings is 1. The fourth-order valence-corrected chi connectivity index (χ4v) is 5.57. The van der Waals surface area contributed by atoms with Gasteiger partial charge in [-0.15, -0.1) is 0 Å². The molecule has 2 aromatic rings. The van der Waals surface area contributed by atoms with Crippen molar-refractivity contribution in [1.29, 1.82) is 0 Å². The van der Waals surface area contributed by atoms with Crippen LogP contribution in [0.5, 0.6) is 0 Å². The fraction of sp³-hybridized carbons (Fsp3) is 0.538. The number of morpholine rings is 1. The van der Waals surface area contributed by atoms with E-state index in [0.717, 1.165) is 80.2 Å².